The van der Waals surface area contributed by atoms with Crippen molar-refractivity contribution in [3.05, 3.63) is 57.5 Å². The summed E-state index contributed by atoms with van der Waals surface area (Å²) in [6.45, 7) is 0. The predicted octanol–water partition coefficient (Wildman–Crippen LogP) is 5.00. The Hall–Kier alpha value is -0.800. The second kappa shape index (κ2) is 4.81. The summed E-state index contributed by atoms with van der Waals surface area (Å²) in [4.78, 5) is 0. The number of benzene rings is 2. The Balaban J connectivity index is 2.22. The number of hydrogen-bond donors (Lipinski definition) is 0. The standard InChI is InChI=1S/C12H8Br2O/c13-9-5-7-10(8-6-9)15-12-4-2-1-3-11(12)14/h1-8H. The van der Waals surface area contributed by atoms with Crippen LogP contribution in [0.2, 0.25) is 0 Å². The molecule has 0 atom stereocenters. The molecule has 3 heteroatoms. The normalized spacial score (nSPS) is 10.0. The molecule has 0 unspecified atom stereocenters. The maximum atomic E-state index is 5.70. The van der Waals surface area contributed by atoms with Gasteiger partial charge in [0.05, 0.1) is 4.47 Å². The third-order valence-corrected chi connectivity index (χ3v) is 3.06. The molecule has 0 spiro atoms. The van der Waals surface area contributed by atoms with Crippen LogP contribution in [0.1, 0.15) is 0 Å². The van der Waals surface area contributed by atoms with Gasteiger partial charge in [-0.25, -0.2) is 0 Å². The van der Waals surface area contributed by atoms with Crippen LogP contribution in [0.3, 0.4) is 0 Å². The molecule has 1 nitrogen and oxygen atoms in total. The summed E-state index contributed by atoms with van der Waals surface area (Å²) in [5, 5.41) is 0. The lowest BCUT2D eigenvalue weighted by Crippen LogP contribution is -1.84. The molecule has 0 aliphatic carbocycles. The Morgan fingerprint density at radius 2 is 1.47 bits per heavy atom. The summed E-state index contributed by atoms with van der Waals surface area (Å²) in [6.07, 6.45) is 0. The van der Waals surface area contributed by atoms with Crippen LogP contribution in [0.25, 0.3) is 0 Å². The summed E-state index contributed by atoms with van der Waals surface area (Å²) in [7, 11) is 0. The second-order valence-electron chi connectivity index (χ2n) is 2.99. The molecule has 0 amide bonds. The van der Waals surface area contributed by atoms with Crippen LogP contribution in [-0.2, 0) is 0 Å². The molecule has 76 valence electrons. The van der Waals surface area contributed by atoms with Crippen LogP contribution >= 0.6 is 31.9 Å². The molecule has 0 heterocycles. The lowest BCUT2D eigenvalue weighted by atomic mass is 10.3. The number of rotatable bonds is 2. The fourth-order valence-corrected chi connectivity index (χ4v) is 1.79. The van der Waals surface area contributed by atoms with Gasteiger partial charge in [0, 0.05) is 4.47 Å². The van der Waals surface area contributed by atoms with E-state index in [9.17, 15) is 0 Å². The van der Waals surface area contributed by atoms with Crippen molar-refractivity contribution in [2.45, 2.75) is 0 Å². The molecule has 2 aromatic carbocycles. The van der Waals surface area contributed by atoms with Crippen LogP contribution in [0, 0.1) is 0 Å². The van der Waals surface area contributed by atoms with Crippen molar-refractivity contribution >= 4 is 31.9 Å². The van der Waals surface area contributed by atoms with Gasteiger partial charge in [-0.15, -0.1) is 0 Å². The van der Waals surface area contributed by atoms with Crippen molar-refractivity contribution in [1.82, 2.24) is 0 Å². The first-order valence-corrected chi connectivity index (χ1v) is 6.02. The molecule has 0 aliphatic heterocycles. The van der Waals surface area contributed by atoms with Gasteiger partial charge in [-0.2, -0.15) is 0 Å². The van der Waals surface area contributed by atoms with E-state index in [1.165, 1.54) is 0 Å². The molecular weight excluding hydrogens is 320 g/mol. The highest BCUT2D eigenvalue weighted by atomic mass is 79.9. The minimum absolute atomic E-state index is 0.819. The van der Waals surface area contributed by atoms with Crippen LogP contribution in [0.4, 0.5) is 0 Å². The quantitative estimate of drug-likeness (QED) is 0.753. The number of ether oxygens (including phenoxy) is 1. The molecule has 2 aromatic rings. The molecule has 0 saturated carbocycles. The Bertz CT molecular complexity index is 451. The van der Waals surface area contributed by atoms with Crippen molar-refractivity contribution in [3.63, 3.8) is 0 Å². The average Bonchev–Trinajstić information content (AvgIpc) is 2.25. The first-order chi connectivity index (χ1) is 7.25. The van der Waals surface area contributed by atoms with Crippen molar-refractivity contribution in [2.75, 3.05) is 0 Å². The van der Waals surface area contributed by atoms with E-state index in [0.717, 1.165) is 20.4 Å². The van der Waals surface area contributed by atoms with Gasteiger partial charge in [-0.1, -0.05) is 28.1 Å². The first kappa shape index (κ1) is 10.7. The van der Waals surface area contributed by atoms with Crippen molar-refractivity contribution < 1.29 is 4.74 Å². The molecule has 15 heavy (non-hydrogen) atoms. The Morgan fingerprint density at radius 1 is 0.800 bits per heavy atom. The highest BCUT2D eigenvalue weighted by Gasteiger charge is 2.00. The van der Waals surface area contributed by atoms with Gasteiger partial charge in [-0.05, 0) is 52.3 Å². The van der Waals surface area contributed by atoms with E-state index in [4.69, 9.17) is 4.74 Å². The van der Waals surface area contributed by atoms with E-state index in [1.807, 2.05) is 48.5 Å². The number of hydrogen-bond acceptors (Lipinski definition) is 1. The molecule has 2 rings (SSSR count). The molecule has 0 aliphatic rings. The fraction of sp³-hybridized carbons (Fsp3) is 0. The van der Waals surface area contributed by atoms with Crippen LogP contribution in [-0.4, -0.2) is 0 Å². The van der Waals surface area contributed by atoms with Crippen LogP contribution in [0.15, 0.2) is 57.5 Å². The lowest BCUT2D eigenvalue weighted by molar-refractivity contribution is 0.479. The minimum atomic E-state index is 0.819. The van der Waals surface area contributed by atoms with E-state index in [0.29, 0.717) is 0 Å². The smallest absolute Gasteiger partial charge is 0.141 e. The lowest BCUT2D eigenvalue weighted by Gasteiger charge is -2.06. The van der Waals surface area contributed by atoms with E-state index < -0.39 is 0 Å². The largest absolute Gasteiger partial charge is 0.456 e. The van der Waals surface area contributed by atoms with Crippen molar-refractivity contribution in [3.8, 4) is 11.5 Å². The van der Waals surface area contributed by atoms with E-state index >= 15 is 0 Å². The highest BCUT2D eigenvalue weighted by Crippen LogP contribution is 2.29. The maximum Gasteiger partial charge on any atom is 0.141 e. The van der Waals surface area contributed by atoms with Gasteiger partial charge in [0.25, 0.3) is 0 Å². The maximum absolute atomic E-state index is 5.70. The van der Waals surface area contributed by atoms with Gasteiger partial charge in [0.1, 0.15) is 11.5 Å². The fourth-order valence-electron chi connectivity index (χ4n) is 1.16. The molecule has 0 saturated heterocycles. The van der Waals surface area contributed by atoms with Gasteiger partial charge in [0.2, 0.25) is 0 Å². The molecule has 0 radical (unpaired) electrons. The number of para-hydroxylation sites is 1. The molecular formula is C12H8Br2O. The van der Waals surface area contributed by atoms with Gasteiger partial charge in [-0.3, -0.25) is 0 Å². The summed E-state index contributed by atoms with van der Waals surface area (Å²) < 4.78 is 7.69. The zero-order valence-corrected chi connectivity index (χ0v) is 11.0. The molecule has 0 N–H and O–H groups in total. The van der Waals surface area contributed by atoms with Crippen LogP contribution < -0.4 is 4.74 Å². The van der Waals surface area contributed by atoms with Crippen LogP contribution in [0.5, 0.6) is 11.5 Å². The monoisotopic (exact) mass is 326 g/mol. The minimum Gasteiger partial charge on any atom is -0.456 e. The second-order valence-corrected chi connectivity index (χ2v) is 4.76. The Kier molecular flexibility index (Phi) is 3.44. The zero-order chi connectivity index (χ0) is 10.7. The SMILES string of the molecule is Brc1ccc(Oc2ccccc2Br)cc1. The summed E-state index contributed by atoms with van der Waals surface area (Å²) in [5.74, 6) is 1.64. The zero-order valence-electron chi connectivity index (χ0n) is 7.78. The van der Waals surface area contributed by atoms with Gasteiger partial charge >= 0.3 is 0 Å². The Morgan fingerprint density at radius 3 is 2.13 bits per heavy atom. The van der Waals surface area contributed by atoms with E-state index in [2.05, 4.69) is 31.9 Å². The average molecular weight is 328 g/mol. The van der Waals surface area contributed by atoms with Crippen molar-refractivity contribution in [2.24, 2.45) is 0 Å². The summed E-state index contributed by atoms with van der Waals surface area (Å²) >= 11 is 6.81. The topological polar surface area (TPSA) is 9.23 Å². The van der Waals surface area contributed by atoms with E-state index in [-0.39, 0.29) is 0 Å². The predicted molar refractivity (Wildman–Crippen MR) is 68.4 cm³/mol. The molecule has 0 aromatic heterocycles. The van der Waals surface area contributed by atoms with Gasteiger partial charge < -0.3 is 4.74 Å². The van der Waals surface area contributed by atoms with E-state index in [1.54, 1.807) is 0 Å². The molecule has 0 bridgehead atoms. The summed E-state index contributed by atoms with van der Waals surface area (Å²) in [5.41, 5.74) is 0. The highest BCUT2D eigenvalue weighted by molar-refractivity contribution is 9.10. The third kappa shape index (κ3) is 2.83. The first-order valence-electron chi connectivity index (χ1n) is 4.43. The third-order valence-electron chi connectivity index (χ3n) is 1.88. The Labute approximate surface area is 105 Å². The van der Waals surface area contributed by atoms with Gasteiger partial charge in [0.15, 0.2) is 0 Å². The number of halogens is 2. The molecule has 0 fully saturated rings. The van der Waals surface area contributed by atoms with Crippen molar-refractivity contribution in [1.29, 1.82) is 0 Å². The summed E-state index contributed by atoms with van der Waals surface area (Å²) in [6, 6.07) is 15.5.